The van der Waals surface area contributed by atoms with E-state index in [0.717, 1.165) is 44.2 Å². The van der Waals surface area contributed by atoms with Gasteiger partial charge in [-0.3, -0.25) is 9.59 Å². The number of methoxy groups -OCH3 is 4. The highest BCUT2D eigenvalue weighted by Crippen LogP contribution is 2.51. The highest BCUT2D eigenvalue weighted by Gasteiger charge is 2.32. The van der Waals surface area contributed by atoms with E-state index in [1.165, 1.54) is 0 Å². The number of primary amides is 2. The zero-order chi connectivity index (χ0) is 31.1. The molecule has 0 radical (unpaired) electrons. The number of amides is 2. The molecule has 0 spiro atoms. The van der Waals surface area contributed by atoms with Gasteiger partial charge in [0.05, 0.1) is 39.6 Å². The number of carbonyl (C=O) groups excluding carboxylic acids is 2. The van der Waals surface area contributed by atoms with Crippen LogP contribution in [-0.2, 0) is 12.8 Å². The fourth-order valence-corrected chi connectivity index (χ4v) is 6.37. The Morgan fingerprint density at radius 1 is 0.568 bits per heavy atom. The van der Waals surface area contributed by atoms with Crippen LogP contribution in [0.2, 0.25) is 0 Å². The molecule has 0 aromatic heterocycles. The predicted octanol–water partition coefficient (Wildman–Crippen LogP) is 5.90. The van der Waals surface area contributed by atoms with Crippen molar-refractivity contribution in [1.82, 2.24) is 0 Å². The number of rotatable bonds is 10. The third-order valence-corrected chi connectivity index (χ3v) is 8.26. The van der Waals surface area contributed by atoms with Gasteiger partial charge in [0.2, 0.25) is 11.8 Å². The molecule has 6 rings (SSSR count). The van der Waals surface area contributed by atoms with E-state index in [2.05, 4.69) is 18.2 Å². The van der Waals surface area contributed by atoms with E-state index in [4.69, 9.17) is 30.4 Å². The number of ether oxygens (including phenoxy) is 4. The van der Waals surface area contributed by atoms with Crippen LogP contribution >= 0.6 is 0 Å². The van der Waals surface area contributed by atoms with Gasteiger partial charge in [-0.25, -0.2) is 0 Å². The monoisotopic (exact) mass is 588 g/mol. The zero-order valence-electron chi connectivity index (χ0n) is 24.9. The Balaban J connectivity index is 1.54. The number of fused-ring (bicyclic) bond motifs is 3. The molecule has 0 bridgehead atoms. The first-order valence-electron chi connectivity index (χ1n) is 14.1. The molecule has 0 atom stereocenters. The van der Waals surface area contributed by atoms with Gasteiger partial charge in [0, 0.05) is 5.56 Å². The third kappa shape index (κ3) is 4.65. The maximum atomic E-state index is 13.2. The van der Waals surface area contributed by atoms with Crippen molar-refractivity contribution in [3.8, 4) is 45.3 Å². The van der Waals surface area contributed by atoms with Crippen LogP contribution in [0.3, 0.4) is 0 Å². The van der Waals surface area contributed by atoms with Crippen LogP contribution in [0.15, 0.2) is 72.8 Å². The molecular weight excluding hydrogens is 556 g/mol. The molecule has 0 saturated heterocycles. The second-order valence-electron chi connectivity index (χ2n) is 10.7. The van der Waals surface area contributed by atoms with Crippen molar-refractivity contribution < 1.29 is 28.5 Å². The van der Waals surface area contributed by atoms with Crippen molar-refractivity contribution in [3.05, 3.63) is 106 Å². The van der Waals surface area contributed by atoms with Gasteiger partial charge in [-0.2, -0.15) is 0 Å². The summed E-state index contributed by atoms with van der Waals surface area (Å²) < 4.78 is 21.8. The van der Waals surface area contributed by atoms with E-state index in [1.54, 1.807) is 28.4 Å². The van der Waals surface area contributed by atoms with Gasteiger partial charge in [-0.15, -0.1) is 0 Å². The normalized spacial score (nSPS) is 11.3. The summed E-state index contributed by atoms with van der Waals surface area (Å²) in [6.45, 7) is 0. The molecular formula is C36H32N2O6. The van der Waals surface area contributed by atoms with Crippen molar-refractivity contribution in [2.45, 2.75) is 12.8 Å². The van der Waals surface area contributed by atoms with Gasteiger partial charge in [0.25, 0.3) is 0 Å². The summed E-state index contributed by atoms with van der Waals surface area (Å²) in [5.74, 6) is 1.02. The molecule has 222 valence electrons. The summed E-state index contributed by atoms with van der Waals surface area (Å²) in [5, 5.41) is 1.71. The minimum Gasteiger partial charge on any atom is -0.493 e. The molecule has 0 aliphatic heterocycles. The Morgan fingerprint density at radius 3 is 1.68 bits per heavy atom. The van der Waals surface area contributed by atoms with Crippen molar-refractivity contribution in [2.24, 2.45) is 11.5 Å². The summed E-state index contributed by atoms with van der Waals surface area (Å²) in [5.41, 5.74) is 19.3. The first-order valence-corrected chi connectivity index (χ1v) is 14.1. The summed E-state index contributed by atoms with van der Waals surface area (Å²) in [6.07, 6.45) is 0.930. The Labute approximate surface area is 255 Å². The Morgan fingerprint density at radius 2 is 1.11 bits per heavy atom. The lowest BCUT2D eigenvalue weighted by molar-refractivity contribution is 0.0967. The van der Waals surface area contributed by atoms with Crippen LogP contribution in [0.5, 0.6) is 23.0 Å². The van der Waals surface area contributed by atoms with Crippen LogP contribution in [0.25, 0.3) is 33.0 Å². The maximum Gasteiger partial charge on any atom is 0.250 e. The van der Waals surface area contributed by atoms with Crippen LogP contribution in [0.4, 0.5) is 0 Å². The first-order chi connectivity index (χ1) is 21.3. The molecule has 0 fully saturated rings. The number of hydrogen-bond donors (Lipinski definition) is 2. The number of benzene rings is 5. The van der Waals surface area contributed by atoms with E-state index >= 15 is 0 Å². The molecule has 44 heavy (non-hydrogen) atoms. The minimum atomic E-state index is -0.715. The second-order valence-corrected chi connectivity index (χ2v) is 10.7. The Hall–Kier alpha value is -5.50. The standard InChI is InChI=1S/C36H32N2O6/c1-41-27-12-9-20(17-29(27)43-3)14-19-8-11-22-23-6-5-7-24-26(16-21-10-13-28(42-2)30(18-21)44-4)33(35(37)39)34(36(38)40)32(31(23)24)25(22)15-19/h5-13,15,17-18H,14,16H2,1-4H3,(H2,37,39)(H2,38,40). The van der Waals surface area contributed by atoms with Crippen molar-refractivity contribution in [2.75, 3.05) is 28.4 Å². The first kappa shape index (κ1) is 28.6. The number of nitrogens with two attached hydrogens (primary N) is 2. The fraction of sp³-hybridized carbons (Fsp3) is 0.167. The fourth-order valence-electron chi connectivity index (χ4n) is 6.37. The van der Waals surface area contributed by atoms with Crippen molar-refractivity contribution >= 4 is 22.6 Å². The van der Waals surface area contributed by atoms with Crippen molar-refractivity contribution in [1.29, 1.82) is 0 Å². The summed E-state index contributed by atoms with van der Waals surface area (Å²) in [6, 6.07) is 23.5. The van der Waals surface area contributed by atoms with Crippen LogP contribution in [0.1, 0.15) is 43.0 Å². The molecule has 8 nitrogen and oxygen atoms in total. The van der Waals surface area contributed by atoms with E-state index in [1.807, 2.05) is 54.6 Å². The molecule has 5 aromatic rings. The predicted molar refractivity (Wildman–Crippen MR) is 170 cm³/mol. The van der Waals surface area contributed by atoms with Gasteiger partial charge in [-0.1, -0.05) is 48.5 Å². The Kier molecular flexibility index (Phi) is 7.35. The molecule has 4 N–H and O–H groups in total. The number of hydrogen-bond acceptors (Lipinski definition) is 6. The van der Waals surface area contributed by atoms with E-state index in [0.29, 0.717) is 47.0 Å². The highest BCUT2D eigenvalue weighted by atomic mass is 16.5. The summed E-state index contributed by atoms with van der Waals surface area (Å²) in [4.78, 5) is 26.4. The molecule has 0 unspecified atom stereocenters. The highest BCUT2D eigenvalue weighted by molar-refractivity contribution is 6.25. The molecule has 1 aliphatic rings. The van der Waals surface area contributed by atoms with E-state index < -0.39 is 11.8 Å². The third-order valence-electron chi connectivity index (χ3n) is 8.26. The second kappa shape index (κ2) is 11.3. The summed E-state index contributed by atoms with van der Waals surface area (Å²) >= 11 is 0. The van der Waals surface area contributed by atoms with E-state index in [-0.39, 0.29) is 11.1 Å². The van der Waals surface area contributed by atoms with Crippen LogP contribution < -0.4 is 30.4 Å². The van der Waals surface area contributed by atoms with Crippen molar-refractivity contribution in [3.63, 3.8) is 0 Å². The lowest BCUT2D eigenvalue weighted by atomic mass is 9.85. The van der Waals surface area contributed by atoms with Crippen LogP contribution in [-0.4, -0.2) is 40.3 Å². The van der Waals surface area contributed by atoms with E-state index in [9.17, 15) is 9.59 Å². The largest absolute Gasteiger partial charge is 0.493 e. The molecule has 8 heteroatoms. The van der Waals surface area contributed by atoms with Gasteiger partial charge in [0.1, 0.15) is 0 Å². The van der Waals surface area contributed by atoms with Crippen LogP contribution in [0, 0.1) is 0 Å². The molecule has 0 heterocycles. The average Bonchev–Trinajstić information content (AvgIpc) is 3.35. The lowest BCUT2D eigenvalue weighted by Gasteiger charge is -2.19. The smallest absolute Gasteiger partial charge is 0.250 e. The van der Waals surface area contributed by atoms with Gasteiger partial charge < -0.3 is 30.4 Å². The lowest BCUT2D eigenvalue weighted by Crippen LogP contribution is -2.24. The molecule has 1 aliphatic carbocycles. The molecule has 0 saturated carbocycles. The minimum absolute atomic E-state index is 0.130. The van der Waals surface area contributed by atoms with Gasteiger partial charge >= 0.3 is 0 Å². The molecule has 2 amide bonds. The van der Waals surface area contributed by atoms with Gasteiger partial charge in [0.15, 0.2) is 23.0 Å². The quantitative estimate of drug-likeness (QED) is 0.205. The Bertz CT molecular complexity index is 1980. The SMILES string of the molecule is COc1ccc(Cc2ccc3c(c2)-c2c(C(N)=O)c(C(N)=O)c(Cc4ccc(OC)c(OC)c4)c4cccc-3c24)cc1OC. The average molecular weight is 589 g/mol. The maximum absolute atomic E-state index is 13.2. The van der Waals surface area contributed by atoms with Gasteiger partial charge in [-0.05, 0) is 86.8 Å². The molecule has 5 aromatic carbocycles. The topological polar surface area (TPSA) is 123 Å². The number of carbonyl (C=O) groups is 2. The zero-order valence-corrected chi connectivity index (χ0v) is 24.9. The summed E-state index contributed by atoms with van der Waals surface area (Å²) in [7, 11) is 6.35.